The van der Waals surface area contributed by atoms with Gasteiger partial charge in [0.15, 0.2) is 0 Å². The minimum atomic E-state index is 0.574. The van der Waals surface area contributed by atoms with E-state index in [9.17, 15) is 0 Å². The average molecular weight is 328 g/mol. The van der Waals surface area contributed by atoms with Gasteiger partial charge in [-0.2, -0.15) is 0 Å². The second-order valence-corrected chi connectivity index (χ2v) is 7.32. The lowest BCUT2D eigenvalue weighted by molar-refractivity contribution is 0.310. The molecule has 5 nitrogen and oxygen atoms in total. The van der Waals surface area contributed by atoms with Crippen LogP contribution in [0.4, 0.5) is 0 Å². The molecule has 2 aromatic rings. The van der Waals surface area contributed by atoms with Crippen LogP contribution in [0, 0.1) is 13.8 Å². The molecule has 1 aliphatic heterocycles. The van der Waals surface area contributed by atoms with Gasteiger partial charge >= 0.3 is 0 Å². The molecule has 0 amide bonds. The van der Waals surface area contributed by atoms with E-state index in [1.165, 1.54) is 54.9 Å². The van der Waals surface area contributed by atoms with E-state index in [2.05, 4.69) is 28.5 Å². The van der Waals surface area contributed by atoms with Crippen molar-refractivity contribution in [1.29, 1.82) is 0 Å². The van der Waals surface area contributed by atoms with Gasteiger partial charge in [-0.15, -0.1) is 0 Å². The highest BCUT2D eigenvalue weighted by Gasteiger charge is 2.30. The van der Waals surface area contributed by atoms with Gasteiger partial charge < -0.3 is 9.09 Å². The van der Waals surface area contributed by atoms with Crippen LogP contribution in [0.15, 0.2) is 4.52 Å². The Balaban J connectivity index is 1.51. The molecule has 1 saturated heterocycles. The molecule has 0 unspecified atom stereocenters. The average Bonchev–Trinajstić information content (AvgIpc) is 3.25. The van der Waals surface area contributed by atoms with Gasteiger partial charge in [0.1, 0.15) is 11.6 Å². The Labute approximate surface area is 144 Å². The molecule has 0 saturated carbocycles. The zero-order valence-corrected chi connectivity index (χ0v) is 15.1. The lowest BCUT2D eigenvalue weighted by atomic mass is 10.0. The van der Waals surface area contributed by atoms with E-state index in [4.69, 9.17) is 9.51 Å². The largest absolute Gasteiger partial charge is 0.361 e. The van der Waals surface area contributed by atoms with Crippen molar-refractivity contribution in [2.45, 2.75) is 71.9 Å². The molecular weight excluding hydrogens is 300 g/mol. The number of hydrogen-bond donors (Lipinski definition) is 0. The fourth-order valence-electron chi connectivity index (χ4n) is 4.49. The van der Waals surface area contributed by atoms with E-state index in [-0.39, 0.29) is 0 Å². The van der Waals surface area contributed by atoms with E-state index in [1.54, 1.807) is 0 Å². The normalized spacial score (nSPS) is 21.4. The van der Waals surface area contributed by atoms with E-state index < -0.39 is 0 Å². The van der Waals surface area contributed by atoms with Crippen molar-refractivity contribution in [2.24, 2.45) is 0 Å². The minimum absolute atomic E-state index is 0.574. The highest BCUT2D eigenvalue weighted by atomic mass is 16.5. The third-order valence-electron chi connectivity index (χ3n) is 5.74. The van der Waals surface area contributed by atoms with Gasteiger partial charge in [0.05, 0.1) is 11.4 Å². The number of aromatic nitrogens is 3. The van der Waals surface area contributed by atoms with Crippen LogP contribution < -0.4 is 0 Å². The van der Waals surface area contributed by atoms with Crippen LogP contribution in [0.1, 0.15) is 66.5 Å². The van der Waals surface area contributed by atoms with Crippen molar-refractivity contribution in [3.63, 3.8) is 0 Å². The lowest BCUT2D eigenvalue weighted by Gasteiger charge is -2.21. The van der Waals surface area contributed by atoms with Crippen molar-refractivity contribution in [3.05, 3.63) is 34.2 Å². The quantitative estimate of drug-likeness (QED) is 0.863. The van der Waals surface area contributed by atoms with E-state index in [0.29, 0.717) is 6.04 Å². The third kappa shape index (κ3) is 2.69. The molecule has 5 heteroatoms. The highest BCUT2D eigenvalue weighted by molar-refractivity contribution is 5.23. The summed E-state index contributed by atoms with van der Waals surface area (Å²) in [4.78, 5) is 7.41. The monoisotopic (exact) mass is 328 g/mol. The standard InChI is InChI=1S/C19H28N4O/c1-4-17-16(13(2)24-21-17)12-22-10-9-15(11-22)23-14(3)20-18-7-5-6-8-19(18)23/h15H,4-12H2,1-3H3/t15-/m1/s1. The van der Waals surface area contributed by atoms with Crippen LogP contribution in [-0.2, 0) is 25.8 Å². The zero-order valence-electron chi connectivity index (χ0n) is 15.1. The van der Waals surface area contributed by atoms with Gasteiger partial charge in [-0.25, -0.2) is 4.98 Å². The number of aryl methyl sites for hydroxylation is 4. The number of likely N-dealkylation sites (tertiary alicyclic amines) is 1. The highest BCUT2D eigenvalue weighted by Crippen LogP contribution is 2.31. The molecule has 0 radical (unpaired) electrons. The molecule has 0 N–H and O–H groups in total. The number of imidazole rings is 1. The molecule has 0 aromatic carbocycles. The number of nitrogens with zero attached hydrogens (tertiary/aromatic N) is 4. The Morgan fingerprint density at radius 3 is 2.88 bits per heavy atom. The van der Waals surface area contributed by atoms with E-state index in [0.717, 1.165) is 37.5 Å². The maximum atomic E-state index is 5.40. The summed E-state index contributed by atoms with van der Waals surface area (Å²) in [5.74, 6) is 2.19. The molecule has 1 fully saturated rings. The lowest BCUT2D eigenvalue weighted by Crippen LogP contribution is -2.23. The van der Waals surface area contributed by atoms with Gasteiger partial charge in [0.25, 0.3) is 0 Å². The van der Waals surface area contributed by atoms with Crippen molar-refractivity contribution < 1.29 is 4.52 Å². The zero-order chi connectivity index (χ0) is 16.7. The van der Waals surface area contributed by atoms with Crippen molar-refractivity contribution >= 4 is 0 Å². The summed E-state index contributed by atoms with van der Waals surface area (Å²) in [5.41, 5.74) is 5.29. The second-order valence-electron chi connectivity index (χ2n) is 7.32. The van der Waals surface area contributed by atoms with Gasteiger partial charge in [-0.3, -0.25) is 4.90 Å². The first-order valence-corrected chi connectivity index (χ1v) is 9.40. The van der Waals surface area contributed by atoms with Crippen molar-refractivity contribution in [3.8, 4) is 0 Å². The Morgan fingerprint density at radius 1 is 1.21 bits per heavy atom. The maximum Gasteiger partial charge on any atom is 0.138 e. The van der Waals surface area contributed by atoms with E-state index >= 15 is 0 Å². The molecule has 130 valence electrons. The molecule has 24 heavy (non-hydrogen) atoms. The molecule has 3 heterocycles. The first-order chi connectivity index (χ1) is 11.7. The third-order valence-corrected chi connectivity index (χ3v) is 5.74. The number of hydrogen-bond acceptors (Lipinski definition) is 4. The van der Waals surface area contributed by atoms with Crippen LogP contribution in [0.5, 0.6) is 0 Å². The van der Waals surface area contributed by atoms with Gasteiger partial charge in [0, 0.05) is 36.9 Å². The number of fused-ring (bicyclic) bond motifs is 1. The summed E-state index contributed by atoms with van der Waals surface area (Å²) in [6.45, 7) is 9.58. The van der Waals surface area contributed by atoms with Crippen LogP contribution in [0.25, 0.3) is 0 Å². The molecule has 4 rings (SSSR count). The van der Waals surface area contributed by atoms with E-state index in [1.807, 2.05) is 6.92 Å². The van der Waals surface area contributed by atoms with Gasteiger partial charge in [-0.1, -0.05) is 12.1 Å². The summed E-state index contributed by atoms with van der Waals surface area (Å²) in [5, 5.41) is 4.20. The molecular formula is C19H28N4O. The summed E-state index contributed by atoms with van der Waals surface area (Å²) < 4.78 is 7.95. The molecule has 2 aromatic heterocycles. The predicted octanol–water partition coefficient (Wildman–Crippen LogP) is 3.38. The van der Waals surface area contributed by atoms with Gasteiger partial charge in [-0.05, 0) is 52.4 Å². The Morgan fingerprint density at radius 2 is 2.04 bits per heavy atom. The predicted molar refractivity (Wildman–Crippen MR) is 93.2 cm³/mol. The van der Waals surface area contributed by atoms with Crippen molar-refractivity contribution in [2.75, 3.05) is 13.1 Å². The fraction of sp³-hybridized carbons (Fsp3) is 0.684. The summed E-state index contributed by atoms with van der Waals surface area (Å²) >= 11 is 0. The molecule has 2 aliphatic rings. The summed E-state index contributed by atoms with van der Waals surface area (Å²) in [7, 11) is 0. The molecule has 1 atom stereocenters. The maximum absolute atomic E-state index is 5.40. The molecule has 1 aliphatic carbocycles. The summed E-state index contributed by atoms with van der Waals surface area (Å²) in [6, 6.07) is 0.574. The Kier molecular flexibility index (Phi) is 4.21. The smallest absolute Gasteiger partial charge is 0.138 e. The molecule has 0 spiro atoms. The summed E-state index contributed by atoms with van der Waals surface area (Å²) in [6.07, 6.45) is 7.14. The first kappa shape index (κ1) is 15.9. The van der Waals surface area contributed by atoms with Crippen LogP contribution in [0.2, 0.25) is 0 Å². The van der Waals surface area contributed by atoms with Crippen LogP contribution >= 0.6 is 0 Å². The number of rotatable bonds is 4. The Bertz CT molecular complexity index is 730. The topological polar surface area (TPSA) is 47.1 Å². The van der Waals surface area contributed by atoms with Crippen molar-refractivity contribution in [1.82, 2.24) is 19.6 Å². The first-order valence-electron chi connectivity index (χ1n) is 9.40. The minimum Gasteiger partial charge on any atom is -0.361 e. The Hall–Kier alpha value is -1.62. The SMILES string of the molecule is CCc1noc(C)c1CN1CC[C@@H](n2c(C)nc3c2CCCC3)C1. The second kappa shape index (κ2) is 6.36. The van der Waals surface area contributed by atoms with Crippen LogP contribution in [0.3, 0.4) is 0 Å². The van der Waals surface area contributed by atoms with Crippen LogP contribution in [-0.4, -0.2) is 32.7 Å². The molecule has 0 bridgehead atoms. The van der Waals surface area contributed by atoms with Gasteiger partial charge in [0.2, 0.25) is 0 Å². The fourth-order valence-corrected chi connectivity index (χ4v) is 4.49.